The molecular weight excluding hydrogens is 368 g/mol. The van der Waals surface area contributed by atoms with Crippen molar-refractivity contribution in [3.63, 3.8) is 0 Å². The summed E-state index contributed by atoms with van der Waals surface area (Å²) in [5.74, 6) is -0.107. The molecule has 1 aliphatic heterocycles. The van der Waals surface area contributed by atoms with Gasteiger partial charge in [0.2, 0.25) is 11.8 Å². The minimum Gasteiger partial charge on any atom is -0.351 e. The number of hydrogen-bond donors (Lipinski definition) is 0. The first-order valence-electron chi connectivity index (χ1n) is 9.27. The van der Waals surface area contributed by atoms with E-state index in [9.17, 15) is 9.59 Å². The van der Waals surface area contributed by atoms with Crippen LogP contribution in [0.5, 0.6) is 0 Å². The molecule has 0 aromatic heterocycles. The van der Waals surface area contributed by atoms with Gasteiger partial charge in [0.05, 0.1) is 6.54 Å². The molecule has 1 aromatic carbocycles. The molecule has 6 nitrogen and oxygen atoms in total. The second-order valence-corrected chi connectivity index (χ2v) is 6.58. The molecule has 0 spiro atoms. The van der Waals surface area contributed by atoms with Crippen LogP contribution in [0, 0.1) is 0 Å². The molecule has 148 valence electrons. The van der Waals surface area contributed by atoms with Crippen molar-refractivity contribution in [2.45, 2.75) is 26.6 Å². The van der Waals surface area contributed by atoms with E-state index in [0.29, 0.717) is 50.8 Å². The van der Waals surface area contributed by atoms with Crippen LogP contribution in [0.4, 0.5) is 0 Å². The van der Waals surface area contributed by atoms with Crippen LogP contribution in [-0.2, 0) is 19.1 Å². The summed E-state index contributed by atoms with van der Waals surface area (Å²) in [5, 5.41) is 0.624. The standard InChI is InChI=1S/C20H27ClN2O4/c1-3-26-20(27-4-2)15-23-13-12-22(11-10-19(23)25)18(24)9-8-16-6-5-7-17(21)14-16/h5-9,14,20H,3-4,10-13,15H2,1-2H3/b9-8+. The lowest BCUT2D eigenvalue weighted by atomic mass is 10.2. The van der Waals surface area contributed by atoms with Crippen molar-refractivity contribution < 1.29 is 19.1 Å². The molecule has 1 saturated heterocycles. The molecule has 1 aliphatic rings. The van der Waals surface area contributed by atoms with E-state index in [0.717, 1.165) is 5.56 Å². The largest absolute Gasteiger partial charge is 0.351 e. The lowest BCUT2D eigenvalue weighted by molar-refractivity contribution is -0.158. The van der Waals surface area contributed by atoms with Gasteiger partial charge in [0.25, 0.3) is 0 Å². The van der Waals surface area contributed by atoms with Crippen LogP contribution in [0.15, 0.2) is 30.3 Å². The quantitative estimate of drug-likeness (QED) is 0.502. The first-order valence-corrected chi connectivity index (χ1v) is 9.64. The van der Waals surface area contributed by atoms with Crippen molar-refractivity contribution >= 4 is 29.5 Å². The topological polar surface area (TPSA) is 59.1 Å². The summed E-state index contributed by atoms with van der Waals surface area (Å²) >= 11 is 5.96. The molecule has 2 amide bonds. The molecule has 0 bridgehead atoms. The highest BCUT2D eigenvalue weighted by Crippen LogP contribution is 2.13. The van der Waals surface area contributed by atoms with Gasteiger partial charge in [-0.15, -0.1) is 0 Å². The first kappa shape index (κ1) is 21.4. The van der Waals surface area contributed by atoms with E-state index in [1.807, 2.05) is 26.0 Å². The van der Waals surface area contributed by atoms with E-state index < -0.39 is 6.29 Å². The Morgan fingerprint density at radius 2 is 1.96 bits per heavy atom. The number of rotatable bonds is 8. The molecule has 0 atom stereocenters. The summed E-state index contributed by atoms with van der Waals surface area (Å²) in [4.78, 5) is 28.3. The van der Waals surface area contributed by atoms with Gasteiger partial charge in [0, 0.05) is 50.4 Å². The minimum atomic E-state index is -0.436. The second kappa shape index (κ2) is 11.1. The molecular formula is C20H27ClN2O4. The zero-order chi connectivity index (χ0) is 19.6. The Bertz CT molecular complexity index is 659. The van der Waals surface area contributed by atoms with E-state index in [4.69, 9.17) is 21.1 Å². The van der Waals surface area contributed by atoms with E-state index in [1.165, 1.54) is 6.08 Å². The Labute approximate surface area is 165 Å². The molecule has 0 unspecified atom stereocenters. The monoisotopic (exact) mass is 394 g/mol. The number of benzene rings is 1. The van der Waals surface area contributed by atoms with Crippen LogP contribution in [-0.4, -0.2) is 67.3 Å². The summed E-state index contributed by atoms with van der Waals surface area (Å²) in [6.45, 7) is 6.55. The number of hydrogen-bond acceptors (Lipinski definition) is 4. The predicted octanol–water partition coefficient (Wildman–Crippen LogP) is 2.81. The van der Waals surface area contributed by atoms with Gasteiger partial charge >= 0.3 is 0 Å². The molecule has 1 aromatic rings. The molecule has 1 fully saturated rings. The van der Waals surface area contributed by atoms with Gasteiger partial charge in [-0.25, -0.2) is 0 Å². The maximum absolute atomic E-state index is 12.5. The Balaban J connectivity index is 1.93. The molecule has 0 saturated carbocycles. The Hall–Kier alpha value is -1.89. The Morgan fingerprint density at radius 3 is 2.63 bits per heavy atom. The number of ether oxygens (including phenoxy) is 2. The SMILES string of the molecule is CCOC(CN1CCN(C(=O)/C=C/c2cccc(Cl)c2)CCC1=O)OCC. The predicted molar refractivity (Wildman–Crippen MR) is 105 cm³/mol. The Kier molecular flexibility index (Phi) is 8.78. The molecule has 7 heteroatoms. The fourth-order valence-electron chi connectivity index (χ4n) is 2.87. The molecule has 0 radical (unpaired) electrons. The fraction of sp³-hybridized carbons (Fsp3) is 0.500. The summed E-state index contributed by atoms with van der Waals surface area (Å²) < 4.78 is 11.1. The fourth-order valence-corrected chi connectivity index (χ4v) is 3.07. The normalized spacial score (nSPS) is 15.6. The summed E-state index contributed by atoms with van der Waals surface area (Å²) in [6.07, 6.45) is 3.12. The number of nitrogens with zero attached hydrogens (tertiary/aromatic N) is 2. The molecule has 0 aliphatic carbocycles. The van der Waals surface area contributed by atoms with Gasteiger partial charge in [-0.05, 0) is 37.6 Å². The lowest BCUT2D eigenvalue weighted by Crippen LogP contribution is -2.41. The van der Waals surface area contributed by atoms with Crippen molar-refractivity contribution in [1.29, 1.82) is 0 Å². The lowest BCUT2D eigenvalue weighted by Gasteiger charge is -2.26. The number of halogens is 1. The van der Waals surface area contributed by atoms with E-state index in [1.54, 1.807) is 28.0 Å². The second-order valence-electron chi connectivity index (χ2n) is 6.14. The summed E-state index contributed by atoms with van der Waals surface area (Å²) in [7, 11) is 0. The summed E-state index contributed by atoms with van der Waals surface area (Å²) in [6, 6.07) is 7.29. The number of carbonyl (C=O) groups excluding carboxylic acids is 2. The number of carbonyl (C=O) groups is 2. The van der Waals surface area contributed by atoms with E-state index in [-0.39, 0.29) is 11.8 Å². The molecule has 27 heavy (non-hydrogen) atoms. The smallest absolute Gasteiger partial charge is 0.246 e. The third-order valence-electron chi connectivity index (χ3n) is 4.24. The third-order valence-corrected chi connectivity index (χ3v) is 4.48. The minimum absolute atomic E-state index is 0.00790. The zero-order valence-electron chi connectivity index (χ0n) is 15.9. The average molecular weight is 395 g/mol. The van der Waals surface area contributed by atoms with Gasteiger partial charge in [0.15, 0.2) is 6.29 Å². The maximum atomic E-state index is 12.5. The third kappa shape index (κ3) is 6.97. The zero-order valence-corrected chi connectivity index (χ0v) is 16.7. The average Bonchev–Trinajstić information content (AvgIpc) is 2.82. The van der Waals surface area contributed by atoms with Crippen LogP contribution in [0.2, 0.25) is 5.02 Å². The highest BCUT2D eigenvalue weighted by Gasteiger charge is 2.25. The molecule has 0 N–H and O–H groups in total. The van der Waals surface area contributed by atoms with Crippen LogP contribution in [0.3, 0.4) is 0 Å². The molecule has 1 heterocycles. The highest BCUT2D eigenvalue weighted by molar-refractivity contribution is 6.30. The Morgan fingerprint density at radius 1 is 1.22 bits per heavy atom. The maximum Gasteiger partial charge on any atom is 0.246 e. The van der Waals surface area contributed by atoms with E-state index >= 15 is 0 Å². The molecule has 2 rings (SSSR count). The van der Waals surface area contributed by atoms with Crippen LogP contribution in [0.1, 0.15) is 25.8 Å². The first-order chi connectivity index (χ1) is 13.0. The van der Waals surface area contributed by atoms with Gasteiger partial charge < -0.3 is 19.3 Å². The van der Waals surface area contributed by atoms with Crippen molar-refractivity contribution in [2.24, 2.45) is 0 Å². The van der Waals surface area contributed by atoms with Crippen molar-refractivity contribution in [3.8, 4) is 0 Å². The van der Waals surface area contributed by atoms with Gasteiger partial charge in [-0.2, -0.15) is 0 Å². The van der Waals surface area contributed by atoms with E-state index in [2.05, 4.69) is 0 Å². The van der Waals surface area contributed by atoms with Crippen molar-refractivity contribution in [1.82, 2.24) is 9.80 Å². The van der Waals surface area contributed by atoms with Gasteiger partial charge in [-0.1, -0.05) is 23.7 Å². The van der Waals surface area contributed by atoms with Crippen molar-refractivity contribution in [2.75, 3.05) is 39.4 Å². The van der Waals surface area contributed by atoms with Gasteiger partial charge in [-0.3, -0.25) is 9.59 Å². The van der Waals surface area contributed by atoms with Crippen LogP contribution >= 0.6 is 11.6 Å². The van der Waals surface area contributed by atoms with Crippen LogP contribution in [0.25, 0.3) is 6.08 Å². The van der Waals surface area contributed by atoms with Crippen molar-refractivity contribution in [3.05, 3.63) is 40.9 Å². The summed E-state index contributed by atoms with van der Waals surface area (Å²) in [5.41, 5.74) is 0.861. The number of amides is 2. The highest BCUT2D eigenvalue weighted by atomic mass is 35.5. The van der Waals surface area contributed by atoms with Gasteiger partial charge in [0.1, 0.15) is 0 Å². The van der Waals surface area contributed by atoms with Crippen LogP contribution < -0.4 is 0 Å².